The van der Waals surface area contributed by atoms with Crippen LogP contribution in [0.1, 0.15) is 18.1 Å². The number of aliphatic hydroxyl groups is 1. The van der Waals surface area contributed by atoms with Gasteiger partial charge in [-0.05, 0) is 23.6 Å². The van der Waals surface area contributed by atoms with Crippen molar-refractivity contribution >= 4 is 5.57 Å². The molecule has 1 aromatic carbocycles. The lowest BCUT2D eigenvalue weighted by atomic mass is 10.1. The Morgan fingerprint density at radius 2 is 2.12 bits per heavy atom. The fourth-order valence-corrected chi connectivity index (χ4v) is 1.72. The lowest BCUT2D eigenvalue weighted by Crippen LogP contribution is -1.96. The molecule has 0 radical (unpaired) electrons. The summed E-state index contributed by atoms with van der Waals surface area (Å²) in [7, 11) is 0. The maximum Gasteiger partial charge on any atom is 0.0949 e. The average Bonchev–Trinajstić information content (AvgIpc) is 2.83. The Morgan fingerprint density at radius 1 is 1.35 bits per heavy atom. The summed E-state index contributed by atoms with van der Waals surface area (Å²) in [5.74, 6) is 0. The van der Waals surface area contributed by atoms with Gasteiger partial charge in [0.1, 0.15) is 0 Å². The number of aliphatic hydroxyl groups excluding tert-OH is 1. The van der Waals surface area contributed by atoms with Gasteiger partial charge in [0.05, 0.1) is 12.9 Å². The molecular formula is C14H16N2O. The van der Waals surface area contributed by atoms with Gasteiger partial charge in [-0.15, -0.1) is 0 Å². The second kappa shape index (κ2) is 5.46. The Bertz CT molecular complexity index is 483. The van der Waals surface area contributed by atoms with Crippen molar-refractivity contribution in [3.8, 4) is 0 Å². The Kier molecular flexibility index (Phi) is 3.73. The van der Waals surface area contributed by atoms with E-state index in [9.17, 15) is 0 Å². The largest absolute Gasteiger partial charge is 0.392 e. The third kappa shape index (κ3) is 3.04. The van der Waals surface area contributed by atoms with Crippen molar-refractivity contribution in [2.75, 3.05) is 6.61 Å². The zero-order valence-electron chi connectivity index (χ0n) is 9.87. The number of benzene rings is 1. The molecule has 0 aliphatic carbocycles. The number of hydrogen-bond acceptors (Lipinski definition) is 2. The van der Waals surface area contributed by atoms with E-state index < -0.39 is 0 Å². The lowest BCUT2D eigenvalue weighted by Gasteiger charge is -2.05. The number of imidazole rings is 1. The van der Waals surface area contributed by atoms with Gasteiger partial charge in [-0.3, -0.25) is 0 Å². The fraction of sp³-hybridized carbons (Fsp3) is 0.214. The van der Waals surface area contributed by atoms with E-state index in [4.69, 9.17) is 5.11 Å². The number of nitrogens with zero attached hydrogens (tertiary/aromatic N) is 2. The van der Waals surface area contributed by atoms with Gasteiger partial charge >= 0.3 is 0 Å². The Balaban J connectivity index is 2.10. The molecule has 3 heteroatoms. The molecule has 0 aliphatic heterocycles. The van der Waals surface area contributed by atoms with Crippen LogP contribution < -0.4 is 0 Å². The van der Waals surface area contributed by atoms with Crippen molar-refractivity contribution < 1.29 is 5.11 Å². The molecule has 88 valence electrons. The summed E-state index contributed by atoms with van der Waals surface area (Å²) in [6.07, 6.45) is 7.35. The molecular weight excluding hydrogens is 212 g/mol. The summed E-state index contributed by atoms with van der Waals surface area (Å²) < 4.78 is 2.03. The highest BCUT2D eigenvalue weighted by atomic mass is 16.2. The second-order valence-electron chi connectivity index (χ2n) is 4.00. The van der Waals surface area contributed by atoms with E-state index in [2.05, 4.69) is 29.2 Å². The van der Waals surface area contributed by atoms with Crippen molar-refractivity contribution in [1.29, 1.82) is 0 Å². The van der Waals surface area contributed by atoms with Crippen molar-refractivity contribution in [2.45, 2.75) is 13.5 Å². The molecule has 0 unspecified atom stereocenters. The maximum atomic E-state index is 8.84. The van der Waals surface area contributed by atoms with Crippen LogP contribution in [0.4, 0.5) is 0 Å². The van der Waals surface area contributed by atoms with Gasteiger partial charge in [0, 0.05) is 18.9 Å². The molecule has 1 aromatic heterocycles. The minimum Gasteiger partial charge on any atom is -0.392 e. The molecule has 0 aliphatic rings. The van der Waals surface area contributed by atoms with Gasteiger partial charge in [-0.2, -0.15) is 0 Å². The summed E-state index contributed by atoms with van der Waals surface area (Å²) in [6.45, 7) is 2.92. The smallest absolute Gasteiger partial charge is 0.0949 e. The number of rotatable bonds is 4. The normalized spacial score (nSPS) is 11.8. The summed E-state index contributed by atoms with van der Waals surface area (Å²) in [5.41, 5.74) is 3.48. The minimum atomic E-state index is 0.0859. The molecule has 2 aromatic rings. The fourth-order valence-electron chi connectivity index (χ4n) is 1.72. The summed E-state index contributed by atoms with van der Waals surface area (Å²) >= 11 is 0. The van der Waals surface area contributed by atoms with Crippen LogP contribution in [0.2, 0.25) is 0 Å². The summed E-state index contributed by atoms with van der Waals surface area (Å²) in [4.78, 5) is 4.01. The SMILES string of the molecule is C/C(=C\CO)c1ccc(Cn2ccnc2)cc1. The standard InChI is InChI=1S/C14H16N2O/c1-12(6-9-17)14-4-2-13(3-5-14)10-16-8-7-15-11-16/h2-8,11,17H,9-10H2,1H3/b12-6+. The van der Waals surface area contributed by atoms with Crippen LogP contribution in [0, 0.1) is 0 Å². The van der Waals surface area contributed by atoms with Crippen molar-refractivity contribution in [3.63, 3.8) is 0 Å². The van der Waals surface area contributed by atoms with E-state index in [0.29, 0.717) is 0 Å². The quantitative estimate of drug-likeness (QED) is 0.872. The summed E-state index contributed by atoms with van der Waals surface area (Å²) in [5, 5.41) is 8.84. The van der Waals surface area contributed by atoms with E-state index in [1.54, 1.807) is 6.20 Å². The Morgan fingerprint density at radius 3 is 2.71 bits per heavy atom. The van der Waals surface area contributed by atoms with Crippen LogP contribution in [0.15, 0.2) is 49.1 Å². The van der Waals surface area contributed by atoms with Gasteiger partial charge in [0.25, 0.3) is 0 Å². The third-order valence-corrected chi connectivity index (χ3v) is 2.73. The van der Waals surface area contributed by atoms with Crippen LogP contribution in [0.3, 0.4) is 0 Å². The molecule has 0 fully saturated rings. The second-order valence-corrected chi connectivity index (χ2v) is 4.00. The predicted octanol–water partition coefficient (Wildman–Crippen LogP) is 2.33. The highest BCUT2D eigenvalue weighted by molar-refractivity contribution is 5.63. The topological polar surface area (TPSA) is 38.0 Å². The number of hydrogen-bond donors (Lipinski definition) is 1. The molecule has 2 rings (SSSR count). The first-order chi connectivity index (χ1) is 8.29. The van der Waals surface area contributed by atoms with E-state index in [1.165, 1.54) is 5.56 Å². The van der Waals surface area contributed by atoms with Crippen LogP contribution >= 0.6 is 0 Å². The van der Waals surface area contributed by atoms with E-state index in [1.807, 2.05) is 30.1 Å². The first kappa shape index (κ1) is 11.6. The van der Waals surface area contributed by atoms with E-state index in [0.717, 1.165) is 17.7 Å². The molecule has 0 spiro atoms. The molecule has 0 saturated heterocycles. The zero-order chi connectivity index (χ0) is 12.1. The van der Waals surface area contributed by atoms with Crippen molar-refractivity contribution in [1.82, 2.24) is 9.55 Å². The number of aromatic nitrogens is 2. The van der Waals surface area contributed by atoms with Crippen LogP contribution in [0.25, 0.3) is 5.57 Å². The molecule has 1 N–H and O–H groups in total. The van der Waals surface area contributed by atoms with Gasteiger partial charge in [-0.1, -0.05) is 30.3 Å². The molecule has 17 heavy (non-hydrogen) atoms. The van der Waals surface area contributed by atoms with Crippen LogP contribution in [-0.2, 0) is 6.54 Å². The van der Waals surface area contributed by atoms with Gasteiger partial charge in [-0.25, -0.2) is 4.98 Å². The highest BCUT2D eigenvalue weighted by Gasteiger charge is 1.97. The molecule has 0 atom stereocenters. The summed E-state index contributed by atoms with van der Waals surface area (Å²) in [6, 6.07) is 8.36. The predicted molar refractivity (Wildman–Crippen MR) is 68.5 cm³/mol. The van der Waals surface area contributed by atoms with Crippen molar-refractivity contribution in [3.05, 3.63) is 60.2 Å². The van der Waals surface area contributed by atoms with Gasteiger partial charge < -0.3 is 9.67 Å². The Labute approximate surface area is 101 Å². The monoisotopic (exact) mass is 228 g/mol. The third-order valence-electron chi connectivity index (χ3n) is 2.73. The first-order valence-corrected chi connectivity index (χ1v) is 5.62. The molecule has 0 amide bonds. The zero-order valence-corrected chi connectivity index (χ0v) is 9.87. The van der Waals surface area contributed by atoms with Crippen LogP contribution in [0.5, 0.6) is 0 Å². The lowest BCUT2D eigenvalue weighted by molar-refractivity contribution is 0.343. The number of allylic oxidation sites excluding steroid dienone is 1. The van der Waals surface area contributed by atoms with E-state index in [-0.39, 0.29) is 6.61 Å². The van der Waals surface area contributed by atoms with E-state index >= 15 is 0 Å². The Hall–Kier alpha value is -1.87. The highest BCUT2D eigenvalue weighted by Crippen LogP contribution is 2.14. The molecule has 3 nitrogen and oxygen atoms in total. The first-order valence-electron chi connectivity index (χ1n) is 5.62. The molecule has 0 bridgehead atoms. The molecule has 0 saturated carbocycles. The maximum absolute atomic E-state index is 8.84. The minimum absolute atomic E-state index is 0.0859. The molecule has 1 heterocycles. The van der Waals surface area contributed by atoms with Gasteiger partial charge in [0.15, 0.2) is 0 Å². The van der Waals surface area contributed by atoms with Crippen molar-refractivity contribution in [2.24, 2.45) is 0 Å². The average molecular weight is 228 g/mol. The van der Waals surface area contributed by atoms with Crippen LogP contribution in [-0.4, -0.2) is 21.3 Å². The van der Waals surface area contributed by atoms with Gasteiger partial charge in [0.2, 0.25) is 0 Å².